The number of amides is 2. The Hall–Kier alpha value is -2.63. The third-order valence-corrected chi connectivity index (χ3v) is 6.41. The summed E-state index contributed by atoms with van der Waals surface area (Å²) in [7, 11) is 0. The van der Waals surface area contributed by atoms with Crippen LogP contribution in [0.15, 0.2) is 22.9 Å². The number of nitrogens with one attached hydrogen (secondary N) is 2. The van der Waals surface area contributed by atoms with Crippen LogP contribution in [-0.4, -0.2) is 24.6 Å². The van der Waals surface area contributed by atoms with Crippen LogP contribution in [0.1, 0.15) is 41.8 Å². The van der Waals surface area contributed by atoms with Gasteiger partial charge in [0, 0.05) is 17.0 Å². The fraction of sp³-hybridized carbons (Fsp3) is 0.381. The minimum absolute atomic E-state index is 0.0379. The molecule has 0 aromatic carbocycles. The Morgan fingerprint density at radius 1 is 1.45 bits per heavy atom. The zero-order valence-electron chi connectivity index (χ0n) is 16.4. The van der Waals surface area contributed by atoms with Crippen LogP contribution in [0.4, 0.5) is 9.80 Å². The first-order chi connectivity index (χ1) is 14.0. The molecule has 2 heterocycles. The third-order valence-electron chi connectivity index (χ3n) is 4.54. The summed E-state index contributed by atoms with van der Waals surface area (Å²) in [6.07, 6.45) is 5.16. The lowest BCUT2D eigenvalue weighted by Crippen LogP contribution is -2.32. The summed E-state index contributed by atoms with van der Waals surface area (Å²) in [5, 5.41) is 19.7. The summed E-state index contributed by atoms with van der Waals surface area (Å²) in [4.78, 5) is 25.0. The molecule has 0 bridgehead atoms. The molecule has 2 amide bonds. The van der Waals surface area contributed by atoms with Gasteiger partial charge >= 0.3 is 6.09 Å². The van der Waals surface area contributed by atoms with Crippen LogP contribution in [0.25, 0.3) is 6.08 Å². The number of carbonyl (C=O) groups is 2. The van der Waals surface area contributed by atoms with E-state index >= 15 is 0 Å². The van der Waals surface area contributed by atoms with E-state index in [1.807, 2.05) is 30.7 Å². The van der Waals surface area contributed by atoms with E-state index in [0.29, 0.717) is 17.2 Å². The van der Waals surface area contributed by atoms with Crippen LogP contribution < -0.4 is 10.6 Å². The Balaban J connectivity index is 1.63. The van der Waals surface area contributed by atoms with Gasteiger partial charge in [-0.2, -0.15) is 16.6 Å². The molecule has 2 aromatic heterocycles. The molecule has 0 fully saturated rings. The highest BCUT2D eigenvalue weighted by Crippen LogP contribution is 2.39. The van der Waals surface area contributed by atoms with Crippen molar-refractivity contribution >= 4 is 45.8 Å². The molecule has 6 nitrogen and oxygen atoms in total. The smallest absolute Gasteiger partial charge is 0.407 e. The van der Waals surface area contributed by atoms with E-state index in [2.05, 4.69) is 16.7 Å². The maximum atomic E-state index is 12.3. The maximum absolute atomic E-state index is 12.3. The first-order valence-corrected chi connectivity index (χ1v) is 11.2. The predicted molar refractivity (Wildman–Crippen MR) is 116 cm³/mol. The maximum Gasteiger partial charge on any atom is 0.407 e. The molecule has 1 unspecified atom stereocenters. The fourth-order valence-electron chi connectivity index (χ4n) is 3.17. The number of rotatable bonds is 6. The normalized spacial score (nSPS) is 15.7. The van der Waals surface area contributed by atoms with Crippen LogP contribution >= 0.6 is 22.7 Å². The zero-order valence-corrected chi connectivity index (χ0v) is 18.0. The highest BCUT2D eigenvalue weighted by molar-refractivity contribution is 7.16. The van der Waals surface area contributed by atoms with Gasteiger partial charge in [0.1, 0.15) is 11.1 Å². The van der Waals surface area contributed by atoms with Crippen molar-refractivity contribution in [3.63, 3.8) is 0 Å². The van der Waals surface area contributed by atoms with Crippen molar-refractivity contribution in [2.24, 2.45) is 5.92 Å². The van der Waals surface area contributed by atoms with E-state index in [0.717, 1.165) is 35.3 Å². The molecular formula is C21H23N3O3S2. The van der Waals surface area contributed by atoms with E-state index in [4.69, 9.17) is 4.74 Å². The number of alkyl carbamates (subject to hydrolysis) is 1. The largest absolute Gasteiger partial charge is 0.449 e. The third kappa shape index (κ3) is 5.68. The van der Waals surface area contributed by atoms with Gasteiger partial charge in [-0.1, -0.05) is 0 Å². The SMILES string of the molecule is CC(C)NC(=O)OCC1CCc2c(sc(NC(=O)C=Cc3ccsc3)c2C#N)C1. The second-order valence-electron chi connectivity index (χ2n) is 7.21. The van der Waals surface area contributed by atoms with Crippen LogP contribution in [-0.2, 0) is 22.4 Å². The van der Waals surface area contributed by atoms with Crippen LogP contribution in [0, 0.1) is 17.2 Å². The summed E-state index contributed by atoms with van der Waals surface area (Å²) >= 11 is 3.01. The molecule has 152 valence electrons. The van der Waals surface area contributed by atoms with Gasteiger partial charge in [-0.25, -0.2) is 4.79 Å². The molecule has 29 heavy (non-hydrogen) atoms. The van der Waals surface area contributed by atoms with Crippen LogP contribution in [0.5, 0.6) is 0 Å². The second kappa shape index (κ2) is 9.72. The predicted octanol–water partition coefficient (Wildman–Crippen LogP) is 4.57. The molecular weight excluding hydrogens is 406 g/mol. The van der Waals surface area contributed by atoms with Gasteiger partial charge in [-0.05, 0) is 73.1 Å². The molecule has 1 atom stereocenters. The van der Waals surface area contributed by atoms with Crippen molar-refractivity contribution in [2.75, 3.05) is 11.9 Å². The van der Waals surface area contributed by atoms with Crippen molar-refractivity contribution in [3.05, 3.63) is 44.5 Å². The van der Waals surface area contributed by atoms with Crippen LogP contribution in [0.3, 0.4) is 0 Å². The van der Waals surface area contributed by atoms with Crippen molar-refractivity contribution in [1.29, 1.82) is 5.26 Å². The molecule has 0 saturated heterocycles. The number of ether oxygens (including phenoxy) is 1. The second-order valence-corrected chi connectivity index (χ2v) is 9.09. The van der Waals surface area contributed by atoms with E-state index in [1.165, 1.54) is 17.4 Å². The average molecular weight is 430 g/mol. The number of anilines is 1. The number of fused-ring (bicyclic) bond motifs is 1. The number of hydrogen-bond donors (Lipinski definition) is 2. The van der Waals surface area contributed by atoms with Crippen molar-refractivity contribution in [1.82, 2.24) is 5.32 Å². The Kier molecular flexibility index (Phi) is 7.07. The first-order valence-electron chi connectivity index (χ1n) is 9.45. The molecule has 3 rings (SSSR count). The van der Waals surface area contributed by atoms with E-state index in [-0.39, 0.29) is 17.9 Å². The Morgan fingerprint density at radius 3 is 2.97 bits per heavy atom. The zero-order chi connectivity index (χ0) is 20.8. The summed E-state index contributed by atoms with van der Waals surface area (Å²) < 4.78 is 5.31. The molecule has 8 heteroatoms. The molecule has 2 aromatic rings. The van der Waals surface area contributed by atoms with Gasteiger partial charge in [0.15, 0.2) is 0 Å². The lowest BCUT2D eigenvalue weighted by atomic mass is 9.88. The topological polar surface area (TPSA) is 91.2 Å². The summed E-state index contributed by atoms with van der Waals surface area (Å²) in [6, 6.07) is 4.21. The number of carbonyl (C=O) groups excluding carboxylic acids is 2. The molecule has 2 N–H and O–H groups in total. The van der Waals surface area contributed by atoms with Crippen molar-refractivity contribution in [2.45, 2.75) is 39.2 Å². The summed E-state index contributed by atoms with van der Waals surface area (Å²) in [6.45, 7) is 4.12. The monoisotopic (exact) mass is 429 g/mol. The molecule has 1 aliphatic rings. The first kappa shape index (κ1) is 21.1. The van der Waals surface area contributed by atoms with E-state index in [9.17, 15) is 14.9 Å². The van der Waals surface area contributed by atoms with Gasteiger partial charge in [0.2, 0.25) is 5.91 Å². The van der Waals surface area contributed by atoms with E-state index < -0.39 is 6.09 Å². The van der Waals surface area contributed by atoms with Gasteiger partial charge in [-0.3, -0.25) is 4.79 Å². The number of nitrogens with zero attached hydrogens (tertiary/aromatic N) is 1. The van der Waals surface area contributed by atoms with Gasteiger partial charge in [-0.15, -0.1) is 11.3 Å². The quantitative estimate of drug-likeness (QED) is 0.658. The fourth-order valence-corrected chi connectivity index (χ4v) is 5.11. The highest BCUT2D eigenvalue weighted by atomic mass is 32.1. The number of nitriles is 1. The van der Waals surface area contributed by atoms with E-state index in [1.54, 1.807) is 17.4 Å². The molecule has 1 aliphatic carbocycles. The Labute approximate surface area is 178 Å². The van der Waals surface area contributed by atoms with Crippen molar-refractivity contribution in [3.8, 4) is 6.07 Å². The Morgan fingerprint density at radius 2 is 2.28 bits per heavy atom. The standard InChI is InChI=1S/C21H23N3O3S2/c1-13(2)23-21(26)27-11-15-3-5-16-17(10-22)20(29-18(16)9-15)24-19(25)6-4-14-7-8-28-12-14/h4,6-8,12-13,15H,3,5,9,11H2,1-2H3,(H,23,26)(H,24,25). The minimum Gasteiger partial charge on any atom is -0.449 e. The minimum atomic E-state index is -0.403. The molecule has 0 saturated carbocycles. The lowest BCUT2D eigenvalue weighted by Gasteiger charge is -2.22. The van der Waals surface area contributed by atoms with Crippen LogP contribution in [0.2, 0.25) is 0 Å². The molecule has 0 radical (unpaired) electrons. The van der Waals surface area contributed by atoms with Gasteiger partial charge in [0.05, 0.1) is 12.2 Å². The summed E-state index contributed by atoms with van der Waals surface area (Å²) in [5.74, 6) is -0.0378. The molecule has 0 aliphatic heterocycles. The number of thiophene rings is 2. The molecule has 0 spiro atoms. The van der Waals surface area contributed by atoms with Crippen molar-refractivity contribution < 1.29 is 14.3 Å². The van der Waals surface area contributed by atoms with Gasteiger partial charge in [0.25, 0.3) is 0 Å². The van der Waals surface area contributed by atoms with Gasteiger partial charge < -0.3 is 15.4 Å². The Bertz CT molecular complexity index is 939. The average Bonchev–Trinajstić information content (AvgIpc) is 3.31. The highest BCUT2D eigenvalue weighted by Gasteiger charge is 2.27. The summed E-state index contributed by atoms with van der Waals surface area (Å²) in [5.41, 5.74) is 2.54. The lowest BCUT2D eigenvalue weighted by molar-refractivity contribution is -0.111. The number of hydrogen-bond acceptors (Lipinski definition) is 6.